The average molecular weight is 604 g/mol. The molecule has 0 atom stereocenters. The molecule has 1 aromatic heterocycles. The van der Waals surface area contributed by atoms with Gasteiger partial charge in [0.15, 0.2) is 11.0 Å². The second kappa shape index (κ2) is 10.4. The van der Waals surface area contributed by atoms with E-state index in [0.29, 0.717) is 0 Å². The van der Waals surface area contributed by atoms with Gasteiger partial charge in [-0.3, -0.25) is 0 Å². The zero-order chi connectivity index (χ0) is 27.5. The molecule has 0 radical (unpaired) electrons. The molecule has 5 aromatic carbocycles. The van der Waals surface area contributed by atoms with Crippen molar-refractivity contribution in [2.24, 2.45) is 0 Å². The third-order valence-corrected chi connectivity index (χ3v) is 13.0. The molecule has 0 aliphatic carbocycles. The Kier molecular flexibility index (Phi) is 6.48. The summed E-state index contributed by atoms with van der Waals surface area (Å²) in [6, 6.07) is 35.9. The smallest absolute Gasteiger partial charge is 0.230 e. The third kappa shape index (κ3) is 4.18. The maximum Gasteiger partial charge on any atom is 0.244 e. The molecule has 3 heterocycles. The van der Waals surface area contributed by atoms with Crippen LogP contribution in [0.3, 0.4) is 0 Å². The first-order chi connectivity index (χ1) is 20.2. The highest BCUT2D eigenvalue weighted by Gasteiger charge is 2.29. The van der Waals surface area contributed by atoms with Gasteiger partial charge in [-0.15, -0.1) is 0 Å². The van der Waals surface area contributed by atoms with E-state index in [0.717, 1.165) is 13.1 Å². The summed E-state index contributed by atoms with van der Waals surface area (Å²) in [6.07, 6.45) is 2.32. The number of aryl methyl sites for hydroxylation is 2. The normalized spacial score (nSPS) is 13.4. The molecule has 0 fully saturated rings. The Morgan fingerprint density at radius 3 is 1.54 bits per heavy atom. The van der Waals surface area contributed by atoms with Crippen LogP contribution in [0.5, 0.6) is 0 Å². The fourth-order valence-corrected chi connectivity index (χ4v) is 10.7. The van der Waals surface area contributed by atoms with Crippen molar-refractivity contribution in [2.45, 2.75) is 66.1 Å². The number of rotatable bonds is 4. The summed E-state index contributed by atoms with van der Waals surface area (Å²) >= 11 is 7.59. The molecule has 41 heavy (non-hydrogen) atoms. The Bertz CT molecular complexity index is 1850. The molecular weight excluding hydrogens is 577 g/mol. The molecule has 0 saturated heterocycles. The number of benzene rings is 5. The van der Waals surface area contributed by atoms with Crippen LogP contribution in [0.4, 0.5) is 0 Å². The first-order valence-electron chi connectivity index (χ1n) is 13.9. The summed E-state index contributed by atoms with van der Waals surface area (Å²) in [5.41, 5.74) is 7.87. The minimum absolute atomic E-state index is 0.921. The van der Waals surface area contributed by atoms with Crippen molar-refractivity contribution >= 4 is 58.1 Å². The van der Waals surface area contributed by atoms with E-state index < -0.39 is 0 Å². The molecule has 0 amide bonds. The number of aromatic nitrogens is 2. The number of imidazole rings is 1. The molecule has 6 heteroatoms. The molecule has 2 aliphatic rings. The largest absolute Gasteiger partial charge is 0.244 e. The van der Waals surface area contributed by atoms with Crippen LogP contribution in [-0.4, -0.2) is 4.57 Å². The molecule has 8 rings (SSSR count). The van der Waals surface area contributed by atoms with Gasteiger partial charge in [0.05, 0.1) is 13.1 Å². The number of nitrogens with zero attached hydrogens (tertiary/aromatic N) is 2. The second-order valence-electron chi connectivity index (χ2n) is 10.1. The van der Waals surface area contributed by atoms with Gasteiger partial charge in [-0.1, -0.05) is 95.6 Å². The van der Waals surface area contributed by atoms with Crippen LogP contribution in [0.25, 0.3) is 33.3 Å². The molecular formula is C35H27N2S4+. The Morgan fingerprint density at radius 1 is 0.512 bits per heavy atom. The van der Waals surface area contributed by atoms with Crippen LogP contribution in [0, 0.1) is 0 Å². The minimum Gasteiger partial charge on any atom is -0.230 e. The van der Waals surface area contributed by atoms with E-state index >= 15 is 0 Å². The standard InChI is InChI=1S/C35H27N2S4/c1-3-36-21-37(4-2)33-23(25-12-10-18-31-35(25)41-29-16-8-6-14-27(29)39-31)20-19-22(32(33)36)24-11-9-17-30-34(24)40-28-15-7-5-13-26(28)38-30/h5-21H,3-4H2,1-2H3/q+1. The van der Waals surface area contributed by atoms with E-state index in [4.69, 9.17) is 0 Å². The highest BCUT2D eigenvalue weighted by Crippen LogP contribution is 2.54. The van der Waals surface area contributed by atoms with Gasteiger partial charge in [-0.05, 0) is 62.4 Å². The lowest BCUT2D eigenvalue weighted by molar-refractivity contribution is -0.668. The van der Waals surface area contributed by atoms with Gasteiger partial charge in [0.1, 0.15) is 0 Å². The fourth-order valence-electron chi connectivity index (χ4n) is 5.88. The highest BCUT2D eigenvalue weighted by molar-refractivity contribution is 8.05. The van der Waals surface area contributed by atoms with Crippen molar-refractivity contribution in [3.63, 3.8) is 0 Å². The Morgan fingerprint density at radius 2 is 1.00 bits per heavy atom. The van der Waals surface area contributed by atoms with Gasteiger partial charge < -0.3 is 0 Å². The van der Waals surface area contributed by atoms with Gasteiger partial charge in [-0.2, -0.15) is 0 Å². The second-order valence-corrected chi connectivity index (χ2v) is 14.4. The van der Waals surface area contributed by atoms with Crippen LogP contribution in [-0.2, 0) is 13.1 Å². The fraction of sp³-hybridized carbons (Fsp3) is 0.114. The van der Waals surface area contributed by atoms with E-state index in [1.54, 1.807) is 0 Å². The highest BCUT2D eigenvalue weighted by atomic mass is 32.2. The molecule has 2 nitrogen and oxygen atoms in total. The van der Waals surface area contributed by atoms with Crippen LogP contribution in [0.1, 0.15) is 13.8 Å². The number of fused-ring (bicyclic) bond motifs is 5. The number of hydrogen-bond acceptors (Lipinski definition) is 4. The van der Waals surface area contributed by atoms with Crippen LogP contribution in [0.2, 0.25) is 0 Å². The quantitative estimate of drug-likeness (QED) is 0.185. The lowest BCUT2D eigenvalue weighted by Gasteiger charge is -2.22. The summed E-state index contributed by atoms with van der Waals surface area (Å²) in [6.45, 7) is 6.35. The summed E-state index contributed by atoms with van der Waals surface area (Å²) in [4.78, 5) is 10.8. The first kappa shape index (κ1) is 25.7. The molecule has 0 bridgehead atoms. The Balaban J connectivity index is 1.35. The van der Waals surface area contributed by atoms with Crippen molar-refractivity contribution in [1.29, 1.82) is 0 Å². The maximum atomic E-state index is 2.44. The summed E-state index contributed by atoms with van der Waals surface area (Å²) < 4.78 is 4.89. The SMILES string of the molecule is CCn1c[n+](CC)c2c(-c3cccc4c3Sc3ccccc3S4)ccc(-c3cccc4c3Sc3ccccc3S4)c21. The summed E-state index contributed by atoms with van der Waals surface area (Å²) in [5, 5.41) is 0. The molecule has 200 valence electrons. The van der Waals surface area contributed by atoms with Crippen LogP contribution in [0.15, 0.2) is 143 Å². The van der Waals surface area contributed by atoms with E-state index in [9.17, 15) is 0 Å². The topological polar surface area (TPSA) is 8.81 Å². The zero-order valence-electron chi connectivity index (χ0n) is 22.8. The van der Waals surface area contributed by atoms with Crippen molar-refractivity contribution in [1.82, 2.24) is 4.57 Å². The molecule has 2 aliphatic heterocycles. The number of hydrogen-bond donors (Lipinski definition) is 0. The Hall–Kier alpha value is -3.03. The Labute approximate surface area is 257 Å². The molecule has 0 N–H and O–H groups in total. The van der Waals surface area contributed by atoms with Crippen LogP contribution < -0.4 is 4.57 Å². The van der Waals surface area contributed by atoms with E-state index in [2.05, 4.69) is 126 Å². The van der Waals surface area contributed by atoms with E-state index in [1.165, 1.54) is 72.5 Å². The summed E-state index contributed by atoms with van der Waals surface area (Å²) in [5.74, 6) is 0. The zero-order valence-corrected chi connectivity index (χ0v) is 26.0. The first-order valence-corrected chi connectivity index (χ1v) is 17.2. The predicted octanol–water partition coefficient (Wildman–Crippen LogP) is 10.5. The van der Waals surface area contributed by atoms with Crippen molar-refractivity contribution in [2.75, 3.05) is 0 Å². The van der Waals surface area contributed by atoms with E-state index in [1.807, 2.05) is 47.0 Å². The van der Waals surface area contributed by atoms with Gasteiger partial charge >= 0.3 is 0 Å². The average Bonchev–Trinajstić information content (AvgIpc) is 3.41. The lowest BCUT2D eigenvalue weighted by Crippen LogP contribution is -2.30. The molecule has 0 unspecified atom stereocenters. The van der Waals surface area contributed by atoms with Gasteiger partial charge in [0.2, 0.25) is 6.33 Å². The van der Waals surface area contributed by atoms with Gasteiger partial charge in [-0.25, -0.2) is 9.13 Å². The molecule has 0 saturated carbocycles. The summed E-state index contributed by atoms with van der Waals surface area (Å²) in [7, 11) is 0. The van der Waals surface area contributed by atoms with Gasteiger partial charge in [0, 0.05) is 61.4 Å². The van der Waals surface area contributed by atoms with Crippen molar-refractivity contribution in [3.8, 4) is 22.3 Å². The van der Waals surface area contributed by atoms with Crippen LogP contribution >= 0.6 is 47.0 Å². The monoisotopic (exact) mass is 603 g/mol. The lowest BCUT2D eigenvalue weighted by atomic mass is 9.97. The minimum atomic E-state index is 0.921. The van der Waals surface area contributed by atoms with Gasteiger partial charge in [0.25, 0.3) is 0 Å². The third-order valence-electron chi connectivity index (χ3n) is 7.79. The maximum absolute atomic E-state index is 2.44. The van der Waals surface area contributed by atoms with Crippen molar-refractivity contribution < 1.29 is 4.57 Å². The molecule has 0 spiro atoms. The molecule has 6 aromatic rings. The predicted molar refractivity (Wildman–Crippen MR) is 174 cm³/mol. The van der Waals surface area contributed by atoms with E-state index in [-0.39, 0.29) is 0 Å². The van der Waals surface area contributed by atoms with Crippen molar-refractivity contribution in [3.05, 3.63) is 103 Å².